The van der Waals surface area contributed by atoms with Gasteiger partial charge in [-0.1, -0.05) is 24.3 Å². The van der Waals surface area contributed by atoms with Crippen LogP contribution in [0.1, 0.15) is 11.1 Å². The van der Waals surface area contributed by atoms with Gasteiger partial charge in [0.05, 0.1) is 12.3 Å². The molecule has 2 N–H and O–H groups in total. The summed E-state index contributed by atoms with van der Waals surface area (Å²) in [5.41, 5.74) is 3.36. The summed E-state index contributed by atoms with van der Waals surface area (Å²) in [4.78, 5) is 11.4. The van der Waals surface area contributed by atoms with Crippen LogP contribution < -0.4 is 5.56 Å². The average Bonchev–Trinajstić information content (AvgIpc) is 2.54. The fraction of sp³-hybridized carbons (Fsp3) is 0.250. The monoisotopic (exact) mass is 218 g/mol. The van der Waals surface area contributed by atoms with E-state index < -0.39 is 0 Å². The molecule has 1 aromatic heterocycles. The minimum Gasteiger partial charge on any atom is -0.392 e. The van der Waals surface area contributed by atoms with Crippen molar-refractivity contribution < 1.29 is 5.11 Å². The maximum atomic E-state index is 11.4. The Hall–Kier alpha value is -1.81. The highest BCUT2D eigenvalue weighted by Gasteiger charge is 2.10. The van der Waals surface area contributed by atoms with E-state index in [9.17, 15) is 4.79 Å². The van der Waals surface area contributed by atoms with Crippen molar-refractivity contribution in [3.05, 3.63) is 45.7 Å². The maximum Gasteiger partial charge on any atom is 0.267 e. The van der Waals surface area contributed by atoms with Crippen LogP contribution in [0.15, 0.2) is 29.1 Å². The summed E-state index contributed by atoms with van der Waals surface area (Å²) >= 11 is 0. The molecule has 0 aliphatic rings. The summed E-state index contributed by atoms with van der Waals surface area (Å²) in [6.45, 7) is 1.83. The number of benzene rings is 1. The van der Waals surface area contributed by atoms with Crippen molar-refractivity contribution in [3.8, 4) is 11.3 Å². The number of aromatic nitrogens is 2. The van der Waals surface area contributed by atoms with Crippen molar-refractivity contribution in [2.45, 2.75) is 13.5 Å². The van der Waals surface area contributed by atoms with Crippen molar-refractivity contribution >= 4 is 0 Å². The molecule has 2 aromatic rings. The van der Waals surface area contributed by atoms with E-state index in [-0.39, 0.29) is 12.2 Å². The van der Waals surface area contributed by atoms with E-state index in [4.69, 9.17) is 5.11 Å². The van der Waals surface area contributed by atoms with Gasteiger partial charge in [-0.3, -0.25) is 14.6 Å². The second-order valence-corrected chi connectivity index (χ2v) is 3.83. The van der Waals surface area contributed by atoms with E-state index in [1.165, 1.54) is 0 Å². The number of aryl methyl sites for hydroxylation is 1. The molecule has 0 amide bonds. The van der Waals surface area contributed by atoms with Crippen LogP contribution in [-0.4, -0.2) is 14.9 Å². The van der Waals surface area contributed by atoms with Gasteiger partial charge in [0.15, 0.2) is 0 Å². The van der Waals surface area contributed by atoms with E-state index in [0.717, 1.165) is 16.8 Å². The lowest BCUT2D eigenvalue weighted by Crippen LogP contribution is -2.03. The van der Waals surface area contributed by atoms with E-state index in [1.807, 2.05) is 31.3 Å². The Labute approximate surface area is 93.1 Å². The summed E-state index contributed by atoms with van der Waals surface area (Å²) in [6, 6.07) is 7.51. The molecule has 1 heterocycles. The molecular formula is C12H14N2O2. The van der Waals surface area contributed by atoms with Gasteiger partial charge in [0.1, 0.15) is 0 Å². The van der Waals surface area contributed by atoms with Gasteiger partial charge >= 0.3 is 0 Å². The highest BCUT2D eigenvalue weighted by molar-refractivity contribution is 5.63. The molecule has 0 atom stereocenters. The van der Waals surface area contributed by atoms with E-state index in [0.29, 0.717) is 5.56 Å². The molecule has 84 valence electrons. The number of H-pyrrole nitrogens is 1. The molecule has 0 spiro atoms. The first-order chi connectivity index (χ1) is 7.63. The van der Waals surface area contributed by atoms with Gasteiger partial charge in [-0.05, 0) is 12.5 Å². The normalized spacial score (nSPS) is 10.7. The fourth-order valence-corrected chi connectivity index (χ4v) is 1.83. The quantitative estimate of drug-likeness (QED) is 0.795. The van der Waals surface area contributed by atoms with Crippen LogP contribution in [0, 0.1) is 6.92 Å². The zero-order chi connectivity index (χ0) is 11.7. The highest BCUT2D eigenvalue weighted by atomic mass is 16.3. The SMILES string of the molecule is Cc1c(-c2ccc(CO)cc2)n(C)[nH]c1=O. The Morgan fingerprint density at radius 1 is 1.31 bits per heavy atom. The molecule has 0 saturated heterocycles. The van der Waals surface area contributed by atoms with Crippen LogP contribution in [0.25, 0.3) is 11.3 Å². The smallest absolute Gasteiger partial charge is 0.267 e. The Morgan fingerprint density at radius 2 is 1.94 bits per heavy atom. The average molecular weight is 218 g/mol. The molecule has 16 heavy (non-hydrogen) atoms. The zero-order valence-corrected chi connectivity index (χ0v) is 9.32. The van der Waals surface area contributed by atoms with Gasteiger partial charge in [-0.15, -0.1) is 0 Å². The Balaban J connectivity index is 2.54. The van der Waals surface area contributed by atoms with Gasteiger partial charge < -0.3 is 5.11 Å². The van der Waals surface area contributed by atoms with Gasteiger partial charge in [0.25, 0.3) is 5.56 Å². The maximum absolute atomic E-state index is 11.4. The third-order valence-corrected chi connectivity index (χ3v) is 2.71. The Bertz CT molecular complexity index is 549. The van der Waals surface area contributed by atoms with Crippen molar-refractivity contribution in [1.82, 2.24) is 9.78 Å². The molecule has 0 aliphatic carbocycles. The van der Waals surface area contributed by atoms with Crippen LogP contribution >= 0.6 is 0 Å². The Kier molecular flexibility index (Phi) is 2.66. The molecule has 4 heteroatoms. The van der Waals surface area contributed by atoms with Crippen LogP contribution in [-0.2, 0) is 13.7 Å². The largest absolute Gasteiger partial charge is 0.392 e. The predicted molar refractivity (Wildman–Crippen MR) is 62.1 cm³/mol. The molecule has 2 rings (SSSR count). The molecule has 0 saturated carbocycles. The van der Waals surface area contributed by atoms with Gasteiger partial charge in [0, 0.05) is 18.2 Å². The number of aliphatic hydroxyl groups excluding tert-OH is 1. The van der Waals surface area contributed by atoms with Crippen LogP contribution in [0.5, 0.6) is 0 Å². The summed E-state index contributed by atoms with van der Waals surface area (Å²) in [5, 5.41) is 11.7. The van der Waals surface area contributed by atoms with Crippen molar-refractivity contribution in [2.75, 3.05) is 0 Å². The molecule has 0 bridgehead atoms. The first kappa shape index (κ1) is 10.7. The van der Waals surface area contributed by atoms with Crippen molar-refractivity contribution in [1.29, 1.82) is 0 Å². The van der Waals surface area contributed by atoms with E-state index in [2.05, 4.69) is 5.10 Å². The molecule has 4 nitrogen and oxygen atoms in total. The zero-order valence-electron chi connectivity index (χ0n) is 9.32. The number of hydrogen-bond donors (Lipinski definition) is 2. The molecule has 1 aromatic carbocycles. The van der Waals surface area contributed by atoms with Crippen LogP contribution in [0.2, 0.25) is 0 Å². The van der Waals surface area contributed by atoms with Crippen LogP contribution in [0.4, 0.5) is 0 Å². The van der Waals surface area contributed by atoms with Gasteiger partial charge in [-0.25, -0.2) is 0 Å². The lowest BCUT2D eigenvalue weighted by Gasteiger charge is -2.04. The number of nitrogens with one attached hydrogen (secondary N) is 1. The van der Waals surface area contributed by atoms with E-state index in [1.54, 1.807) is 11.6 Å². The Morgan fingerprint density at radius 3 is 2.38 bits per heavy atom. The number of aliphatic hydroxyl groups is 1. The van der Waals surface area contributed by atoms with Gasteiger partial charge in [-0.2, -0.15) is 0 Å². The summed E-state index contributed by atoms with van der Waals surface area (Å²) in [5.74, 6) is 0. The standard InChI is InChI=1S/C12H14N2O2/c1-8-11(14(2)13-12(8)16)10-5-3-9(7-15)4-6-10/h3-6,15H,7H2,1-2H3,(H,13,16). The first-order valence-electron chi connectivity index (χ1n) is 5.09. The highest BCUT2D eigenvalue weighted by Crippen LogP contribution is 2.20. The minimum absolute atomic E-state index is 0.0331. The number of hydrogen-bond acceptors (Lipinski definition) is 2. The second-order valence-electron chi connectivity index (χ2n) is 3.83. The van der Waals surface area contributed by atoms with E-state index >= 15 is 0 Å². The topological polar surface area (TPSA) is 58.0 Å². The lowest BCUT2D eigenvalue weighted by molar-refractivity contribution is 0.282. The minimum atomic E-state index is -0.0660. The summed E-state index contributed by atoms with van der Waals surface area (Å²) in [6.07, 6.45) is 0. The molecule has 0 radical (unpaired) electrons. The van der Waals surface area contributed by atoms with Gasteiger partial charge in [0.2, 0.25) is 0 Å². The third-order valence-electron chi connectivity index (χ3n) is 2.71. The summed E-state index contributed by atoms with van der Waals surface area (Å²) in [7, 11) is 1.81. The molecule has 0 unspecified atom stereocenters. The number of aromatic amines is 1. The third kappa shape index (κ3) is 1.67. The lowest BCUT2D eigenvalue weighted by atomic mass is 10.1. The predicted octanol–water partition coefficient (Wildman–Crippen LogP) is 1.18. The summed E-state index contributed by atoms with van der Waals surface area (Å²) < 4.78 is 1.71. The van der Waals surface area contributed by atoms with Crippen LogP contribution in [0.3, 0.4) is 0 Å². The molecular weight excluding hydrogens is 204 g/mol. The molecule has 0 fully saturated rings. The number of nitrogens with zero attached hydrogens (tertiary/aromatic N) is 1. The van der Waals surface area contributed by atoms with Crippen molar-refractivity contribution in [2.24, 2.45) is 7.05 Å². The first-order valence-corrected chi connectivity index (χ1v) is 5.09. The fourth-order valence-electron chi connectivity index (χ4n) is 1.83. The van der Waals surface area contributed by atoms with Crippen molar-refractivity contribution in [3.63, 3.8) is 0 Å². The second kappa shape index (κ2) is 3.98. The molecule has 0 aliphatic heterocycles. The number of rotatable bonds is 2.